The first-order chi connectivity index (χ1) is 38.5. The highest BCUT2D eigenvalue weighted by Crippen LogP contribution is 2.51. The van der Waals surface area contributed by atoms with Gasteiger partial charge in [0.1, 0.15) is 28.5 Å². The summed E-state index contributed by atoms with van der Waals surface area (Å²) in [7, 11) is 0. The molecule has 0 N–H and O–H groups in total. The average molecular weight is 1000 g/mol. The largest absolute Gasteiger partial charge is 0.457 e. The van der Waals surface area contributed by atoms with Crippen molar-refractivity contribution in [1.29, 1.82) is 0 Å². The maximum Gasteiger partial charge on any atom is 0.247 e. The van der Waals surface area contributed by atoms with Gasteiger partial charge in [0, 0.05) is 38.7 Å². The Kier molecular flexibility index (Phi) is 10.7. The molecule has 3 nitrogen and oxygen atoms in total. The fourth-order valence-corrected chi connectivity index (χ4v) is 12.4. The summed E-state index contributed by atoms with van der Waals surface area (Å²) in [5, 5.41) is 9.25. The van der Waals surface area contributed by atoms with E-state index < -0.39 is 0 Å². The molecule has 13 aromatic carbocycles. The molecular weight excluding hydrogens is 953 g/mol. The Bertz CT molecular complexity index is 4670. The zero-order valence-electron chi connectivity index (χ0n) is 42.6. The molecular formula is C73H47BFNO2. The summed E-state index contributed by atoms with van der Waals surface area (Å²) in [5.41, 5.74) is 16.5. The van der Waals surface area contributed by atoms with Crippen LogP contribution in [-0.2, 0) is 0 Å². The summed E-state index contributed by atoms with van der Waals surface area (Å²) in [4.78, 5) is 2.03. The molecule has 0 radical (unpaired) electrons. The quantitative estimate of drug-likeness (QED) is 0.106. The number of aryl methyl sites for hydroxylation is 1. The molecule has 15 rings (SSSR count). The van der Waals surface area contributed by atoms with Crippen LogP contribution in [0.5, 0.6) is 11.5 Å². The number of anilines is 3. The Morgan fingerprint density at radius 1 is 0.359 bits per heavy atom. The minimum absolute atomic E-state index is 0.124. The highest BCUT2D eigenvalue weighted by Gasteiger charge is 2.31. The van der Waals surface area contributed by atoms with Crippen LogP contribution in [0.1, 0.15) is 5.56 Å². The van der Waals surface area contributed by atoms with E-state index in [-0.39, 0.29) is 12.5 Å². The van der Waals surface area contributed by atoms with Gasteiger partial charge < -0.3 is 14.1 Å². The van der Waals surface area contributed by atoms with Gasteiger partial charge in [0.15, 0.2) is 0 Å². The molecule has 0 spiro atoms. The minimum atomic E-state index is -0.310. The van der Waals surface area contributed by atoms with E-state index in [0.29, 0.717) is 5.69 Å². The summed E-state index contributed by atoms with van der Waals surface area (Å²) in [6.45, 7) is 2.09. The fourth-order valence-electron chi connectivity index (χ4n) is 12.4. The van der Waals surface area contributed by atoms with E-state index in [4.69, 9.17) is 9.15 Å². The first-order valence-corrected chi connectivity index (χ1v) is 26.6. The number of ether oxygens (including phenoxy) is 1. The lowest BCUT2D eigenvalue weighted by Gasteiger charge is -2.29. The monoisotopic (exact) mass is 999 g/mol. The molecule has 78 heavy (non-hydrogen) atoms. The van der Waals surface area contributed by atoms with E-state index >= 15 is 4.39 Å². The number of benzene rings is 13. The van der Waals surface area contributed by atoms with Crippen molar-refractivity contribution in [2.75, 3.05) is 4.90 Å². The standard InChI is InChI=1S/C73H47BFNO2/c1-46-19-11-15-31-64(46)74(65-32-17-30-59-56-28-14-16-33-68(56)78-73(59)65)66-45-62-58-29-18-34-69-71(58)63(44-61(62)54-26-12-13-27-55(54)66)57-40-37-50(43-70(57)77-69)48-35-38-53(39-36-48)76(52-24-9-4-10-25-52)72-60(49-22-7-3-8-23-49)41-51(42-67(72)75)47-20-5-2-6-21-47/h2-45H,1H3. The molecule has 14 aromatic rings. The maximum absolute atomic E-state index is 17.2. The second-order valence-corrected chi connectivity index (χ2v) is 20.4. The van der Waals surface area contributed by atoms with Crippen LogP contribution in [0.2, 0.25) is 0 Å². The van der Waals surface area contributed by atoms with Gasteiger partial charge in [0.05, 0.1) is 5.69 Å². The predicted octanol–water partition coefficient (Wildman–Crippen LogP) is 18.3. The van der Waals surface area contributed by atoms with Crippen LogP contribution in [0.4, 0.5) is 21.5 Å². The summed E-state index contributed by atoms with van der Waals surface area (Å²) < 4.78 is 30.9. The van der Waals surface area contributed by atoms with Crippen LogP contribution < -0.4 is 26.0 Å². The van der Waals surface area contributed by atoms with Gasteiger partial charge in [-0.1, -0.05) is 217 Å². The molecule has 2 heterocycles. The van der Waals surface area contributed by atoms with Crippen molar-refractivity contribution < 1.29 is 13.5 Å². The maximum atomic E-state index is 17.2. The smallest absolute Gasteiger partial charge is 0.247 e. The summed E-state index contributed by atoms with van der Waals surface area (Å²) in [6.07, 6.45) is 0. The second-order valence-electron chi connectivity index (χ2n) is 20.4. The normalized spacial score (nSPS) is 11.8. The second kappa shape index (κ2) is 18.4. The number of fused-ring (bicyclic) bond motifs is 9. The van der Waals surface area contributed by atoms with Crippen molar-refractivity contribution in [2.24, 2.45) is 0 Å². The van der Waals surface area contributed by atoms with Gasteiger partial charge in [-0.3, -0.25) is 0 Å². The number of para-hydroxylation sites is 3. The Balaban J connectivity index is 0.848. The molecule has 1 aliphatic rings. The van der Waals surface area contributed by atoms with Crippen molar-refractivity contribution in [3.63, 3.8) is 0 Å². The molecule has 0 unspecified atom stereocenters. The number of halogens is 1. The Labute approximate surface area is 451 Å². The molecule has 1 aliphatic heterocycles. The zero-order chi connectivity index (χ0) is 51.8. The molecule has 0 aliphatic carbocycles. The fraction of sp³-hybridized carbons (Fsp3) is 0.0137. The predicted molar refractivity (Wildman–Crippen MR) is 325 cm³/mol. The molecule has 0 saturated heterocycles. The molecule has 0 atom stereocenters. The van der Waals surface area contributed by atoms with Crippen molar-refractivity contribution in [3.05, 3.63) is 278 Å². The van der Waals surface area contributed by atoms with Gasteiger partial charge in [0.2, 0.25) is 6.71 Å². The van der Waals surface area contributed by atoms with E-state index in [1.165, 1.54) is 38.0 Å². The van der Waals surface area contributed by atoms with Gasteiger partial charge in [-0.25, -0.2) is 4.39 Å². The Hall–Kier alpha value is -9.97. The minimum Gasteiger partial charge on any atom is -0.457 e. The SMILES string of the molecule is Cc1ccccc1B(c1cc2c3cccc4c3c(cc2c2ccccc12)-c1ccc(-c2ccc(N(c3ccccc3)c3c(F)cc(-c5ccccc5)cc3-c3ccccc3)cc2)cc1O4)c1cccc2c1oc1ccccc12. The molecule has 0 amide bonds. The van der Waals surface area contributed by atoms with Crippen LogP contribution in [-0.4, -0.2) is 6.71 Å². The van der Waals surface area contributed by atoms with E-state index in [1.807, 2.05) is 102 Å². The lowest BCUT2D eigenvalue weighted by Crippen LogP contribution is -2.53. The van der Waals surface area contributed by atoms with Crippen molar-refractivity contribution in [2.45, 2.75) is 6.92 Å². The number of furan rings is 1. The molecule has 0 fully saturated rings. The van der Waals surface area contributed by atoms with Gasteiger partial charge >= 0.3 is 0 Å². The van der Waals surface area contributed by atoms with Crippen LogP contribution >= 0.6 is 0 Å². The van der Waals surface area contributed by atoms with Crippen LogP contribution in [0.15, 0.2) is 271 Å². The first kappa shape index (κ1) is 45.4. The summed E-state index contributed by atoms with van der Waals surface area (Å²) in [6, 6.07) is 92.8. The molecule has 5 heteroatoms. The average Bonchev–Trinajstić information content (AvgIpc) is 3.97. The van der Waals surface area contributed by atoms with E-state index in [0.717, 1.165) is 106 Å². The third-order valence-electron chi connectivity index (χ3n) is 16.0. The third kappa shape index (κ3) is 7.42. The van der Waals surface area contributed by atoms with E-state index in [2.05, 4.69) is 171 Å². The van der Waals surface area contributed by atoms with Gasteiger partial charge in [0.25, 0.3) is 0 Å². The lowest BCUT2D eigenvalue weighted by atomic mass is 9.35. The van der Waals surface area contributed by atoms with Gasteiger partial charge in [-0.15, -0.1) is 0 Å². The van der Waals surface area contributed by atoms with Gasteiger partial charge in [-0.05, 0) is 139 Å². The van der Waals surface area contributed by atoms with Crippen LogP contribution in [0.25, 0.3) is 98.8 Å². The number of hydrogen-bond acceptors (Lipinski definition) is 3. The highest BCUT2D eigenvalue weighted by atomic mass is 19.1. The molecule has 0 bridgehead atoms. The Morgan fingerprint density at radius 2 is 0.962 bits per heavy atom. The molecule has 0 saturated carbocycles. The summed E-state index contributed by atoms with van der Waals surface area (Å²) >= 11 is 0. The van der Waals surface area contributed by atoms with Gasteiger partial charge in [-0.2, -0.15) is 0 Å². The highest BCUT2D eigenvalue weighted by molar-refractivity contribution is 6.98. The first-order valence-electron chi connectivity index (χ1n) is 26.6. The summed E-state index contributed by atoms with van der Waals surface area (Å²) in [5.74, 6) is 1.32. The van der Waals surface area contributed by atoms with Crippen molar-refractivity contribution >= 4 is 94.4 Å². The Morgan fingerprint density at radius 3 is 1.76 bits per heavy atom. The van der Waals surface area contributed by atoms with E-state index in [1.54, 1.807) is 6.07 Å². The number of rotatable bonds is 9. The number of nitrogens with zero attached hydrogens (tertiary/aromatic N) is 1. The topological polar surface area (TPSA) is 25.6 Å². The number of hydrogen-bond donors (Lipinski definition) is 0. The zero-order valence-corrected chi connectivity index (χ0v) is 42.6. The lowest BCUT2D eigenvalue weighted by molar-refractivity contribution is 0.487. The van der Waals surface area contributed by atoms with E-state index in [9.17, 15) is 0 Å². The third-order valence-corrected chi connectivity index (χ3v) is 16.0. The molecule has 1 aromatic heterocycles. The molecule has 366 valence electrons. The van der Waals surface area contributed by atoms with Crippen molar-refractivity contribution in [3.8, 4) is 56.0 Å². The van der Waals surface area contributed by atoms with Crippen LogP contribution in [0, 0.1) is 12.7 Å². The van der Waals surface area contributed by atoms with Crippen LogP contribution in [0.3, 0.4) is 0 Å². The van der Waals surface area contributed by atoms with Crippen molar-refractivity contribution in [1.82, 2.24) is 0 Å².